The molecule has 1 saturated carbocycles. The maximum absolute atomic E-state index is 12.7. The highest BCUT2D eigenvalue weighted by Gasteiger charge is 2.44. The molecule has 5 nitrogen and oxygen atoms in total. The molecule has 3 fully saturated rings. The highest BCUT2D eigenvalue weighted by molar-refractivity contribution is 7.86. The molecule has 20 heavy (non-hydrogen) atoms. The van der Waals surface area contributed by atoms with Crippen molar-refractivity contribution < 1.29 is 13.5 Å². The normalized spacial score (nSPS) is 33.6. The van der Waals surface area contributed by atoms with Crippen molar-refractivity contribution in [2.24, 2.45) is 11.3 Å². The van der Waals surface area contributed by atoms with E-state index in [1.165, 1.54) is 12.8 Å². The fourth-order valence-electron chi connectivity index (χ4n) is 3.74. The first-order chi connectivity index (χ1) is 9.56. The van der Waals surface area contributed by atoms with Gasteiger partial charge in [0.15, 0.2) is 0 Å². The molecule has 2 heterocycles. The van der Waals surface area contributed by atoms with E-state index >= 15 is 0 Å². The van der Waals surface area contributed by atoms with Crippen LogP contribution in [0.4, 0.5) is 0 Å². The van der Waals surface area contributed by atoms with E-state index in [4.69, 9.17) is 0 Å². The quantitative estimate of drug-likeness (QED) is 0.830. The van der Waals surface area contributed by atoms with E-state index < -0.39 is 10.2 Å². The van der Waals surface area contributed by atoms with Gasteiger partial charge < -0.3 is 5.11 Å². The van der Waals surface area contributed by atoms with Gasteiger partial charge in [0.05, 0.1) is 0 Å². The first kappa shape index (κ1) is 14.8. The van der Waals surface area contributed by atoms with Crippen molar-refractivity contribution in [3.8, 4) is 0 Å². The van der Waals surface area contributed by atoms with Crippen molar-refractivity contribution in [1.29, 1.82) is 0 Å². The molecule has 1 atom stereocenters. The van der Waals surface area contributed by atoms with Crippen molar-refractivity contribution in [3.05, 3.63) is 0 Å². The van der Waals surface area contributed by atoms with E-state index in [0.29, 0.717) is 26.2 Å². The Kier molecular flexibility index (Phi) is 4.10. The second-order valence-electron chi connectivity index (χ2n) is 6.86. The van der Waals surface area contributed by atoms with Crippen LogP contribution in [0.3, 0.4) is 0 Å². The molecule has 0 spiro atoms. The minimum atomic E-state index is -3.30. The van der Waals surface area contributed by atoms with Crippen LogP contribution in [-0.4, -0.2) is 54.9 Å². The number of aliphatic hydroxyl groups is 1. The fourth-order valence-corrected chi connectivity index (χ4v) is 5.58. The topological polar surface area (TPSA) is 60.9 Å². The van der Waals surface area contributed by atoms with Crippen LogP contribution in [-0.2, 0) is 10.2 Å². The summed E-state index contributed by atoms with van der Waals surface area (Å²) in [5, 5.41) is 9.83. The van der Waals surface area contributed by atoms with Gasteiger partial charge in [0.2, 0.25) is 0 Å². The molecule has 3 rings (SSSR count). The predicted octanol–water partition coefficient (Wildman–Crippen LogP) is 1.20. The van der Waals surface area contributed by atoms with Gasteiger partial charge in [0.25, 0.3) is 10.2 Å². The first-order valence-electron chi connectivity index (χ1n) is 7.92. The summed E-state index contributed by atoms with van der Waals surface area (Å²) in [5.41, 5.74) is -0.188. The van der Waals surface area contributed by atoms with Crippen LogP contribution >= 0.6 is 0 Å². The van der Waals surface area contributed by atoms with Crippen LogP contribution in [0.15, 0.2) is 0 Å². The molecular weight excluding hydrogens is 276 g/mol. The van der Waals surface area contributed by atoms with E-state index in [1.807, 2.05) is 0 Å². The number of hydrogen-bond donors (Lipinski definition) is 1. The van der Waals surface area contributed by atoms with Crippen LogP contribution in [0, 0.1) is 11.3 Å². The van der Waals surface area contributed by atoms with Gasteiger partial charge in [-0.25, -0.2) is 0 Å². The highest BCUT2D eigenvalue weighted by atomic mass is 32.2. The van der Waals surface area contributed by atoms with E-state index in [9.17, 15) is 13.5 Å². The zero-order chi connectivity index (χ0) is 14.2. The van der Waals surface area contributed by atoms with Gasteiger partial charge in [-0.05, 0) is 38.0 Å². The van der Waals surface area contributed by atoms with Gasteiger partial charge >= 0.3 is 0 Å². The molecule has 0 amide bonds. The number of aliphatic hydroxyl groups excluding tert-OH is 1. The molecular formula is C14H26N2O3S. The fraction of sp³-hybridized carbons (Fsp3) is 1.00. The molecule has 0 radical (unpaired) electrons. The molecule has 0 bridgehead atoms. The predicted molar refractivity (Wildman–Crippen MR) is 77.4 cm³/mol. The highest BCUT2D eigenvalue weighted by Crippen LogP contribution is 2.45. The third kappa shape index (κ3) is 2.89. The first-order valence-corrected chi connectivity index (χ1v) is 9.32. The summed E-state index contributed by atoms with van der Waals surface area (Å²) < 4.78 is 28.6. The average molecular weight is 302 g/mol. The van der Waals surface area contributed by atoms with Crippen molar-refractivity contribution >= 4 is 10.2 Å². The van der Waals surface area contributed by atoms with E-state index in [0.717, 1.165) is 38.0 Å². The van der Waals surface area contributed by atoms with Crippen molar-refractivity contribution in [3.63, 3.8) is 0 Å². The largest absolute Gasteiger partial charge is 0.396 e. The molecule has 0 aromatic carbocycles. The van der Waals surface area contributed by atoms with Crippen molar-refractivity contribution in [1.82, 2.24) is 8.61 Å². The Morgan fingerprint density at radius 1 is 1.05 bits per heavy atom. The summed E-state index contributed by atoms with van der Waals surface area (Å²) in [6.45, 7) is 2.57. The number of piperidine rings is 1. The number of hydrogen-bond acceptors (Lipinski definition) is 3. The third-order valence-corrected chi connectivity index (χ3v) is 7.08. The molecule has 0 unspecified atom stereocenters. The summed E-state index contributed by atoms with van der Waals surface area (Å²) in [6, 6.07) is 0. The van der Waals surface area contributed by atoms with E-state index in [-0.39, 0.29) is 12.0 Å². The Morgan fingerprint density at radius 3 is 2.30 bits per heavy atom. The van der Waals surface area contributed by atoms with Gasteiger partial charge in [0.1, 0.15) is 0 Å². The minimum absolute atomic E-state index is 0.121. The summed E-state index contributed by atoms with van der Waals surface area (Å²) in [7, 11) is -3.30. The Labute approximate surface area is 122 Å². The monoisotopic (exact) mass is 302 g/mol. The van der Waals surface area contributed by atoms with Crippen LogP contribution in [0.25, 0.3) is 0 Å². The Hall–Kier alpha value is -0.170. The molecule has 6 heteroatoms. The summed E-state index contributed by atoms with van der Waals surface area (Å²) in [6.07, 6.45) is 7.28. The molecule has 0 aromatic heterocycles. The molecule has 1 N–H and O–H groups in total. The van der Waals surface area contributed by atoms with Crippen LogP contribution in [0.5, 0.6) is 0 Å². The lowest BCUT2D eigenvalue weighted by molar-refractivity contribution is 0.0495. The van der Waals surface area contributed by atoms with E-state index in [2.05, 4.69) is 0 Å². The van der Waals surface area contributed by atoms with Gasteiger partial charge in [-0.2, -0.15) is 17.0 Å². The lowest BCUT2D eigenvalue weighted by Gasteiger charge is -2.42. The molecule has 2 aliphatic heterocycles. The summed E-state index contributed by atoms with van der Waals surface area (Å²) >= 11 is 0. The van der Waals surface area contributed by atoms with Gasteiger partial charge in [-0.15, -0.1) is 0 Å². The zero-order valence-electron chi connectivity index (χ0n) is 12.1. The van der Waals surface area contributed by atoms with Crippen LogP contribution < -0.4 is 0 Å². The Bertz CT molecular complexity index is 443. The molecule has 116 valence electrons. The second-order valence-corrected chi connectivity index (χ2v) is 8.79. The third-order valence-electron chi connectivity index (χ3n) is 5.10. The van der Waals surface area contributed by atoms with Gasteiger partial charge in [-0.1, -0.05) is 12.8 Å². The average Bonchev–Trinajstić information content (AvgIpc) is 3.08. The molecule has 1 aliphatic carbocycles. The summed E-state index contributed by atoms with van der Waals surface area (Å²) in [5.74, 6) is 0.719. The van der Waals surface area contributed by atoms with Crippen molar-refractivity contribution in [2.75, 3.05) is 32.8 Å². The molecule has 2 saturated heterocycles. The Balaban J connectivity index is 1.72. The van der Waals surface area contributed by atoms with Crippen molar-refractivity contribution in [2.45, 2.75) is 44.9 Å². The Morgan fingerprint density at radius 2 is 1.70 bits per heavy atom. The van der Waals surface area contributed by atoms with E-state index in [1.54, 1.807) is 8.61 Å². The number of nitrogens with zero attached hydrogens (tertiary/aromatic N) is 2. The maximum Gasteiger partial charge on any atom is 0.281 e. The van der Waals surface area contributed by atoms with Gasteiger partial charge in [-0.3, -0.25) is 0 Å². The smallest absolute Gasteiger partial charge is 0.281 e. The van der Waals surface area contributed by atoms with Gasteiger partial charge in [0, 0.05) is 38.2 Å². The van der Waals surface area contributed by atoms with Crippen LogP contribution in [0.1, 0.15) is 44.9 Å². The molecule has 3 aliphatic rings. The lowest BCUT2D eigenvalue weighted by atomic mass is 9.77. The minimum Gasteiger partial charge on any atom is -0.396 e. The van der Waals surface area contributed by atoms with Crippen LogP contribution in [0.2, 0.25) is 0 Å². The molecule has 0 aromatic rings. The number of rotatable bonds is 5. The maximum atomic E-state index is 12.7. The zero-order valence-corrected chi connectivity index (χ0v) is 12.9. The lowest BCUT2D eigenvalue weighted by Crippen LogP contribution is -2.52. The second kappa shape index (κ2) is 5.55. The summed E-state index contributed by atoms with van der Waals surface area (Å²) in [4.78, 5) is 0. The standard InChI is InChI=1S/C14H26N2O3S/c17-12-14(10-13-4-5-13)6-3-9-16(11-14)20(18,19)15-7-1-2-8-15/h13,17H,1-12H2/t14-/m1/s1. The SMILES string of the molecule is O=S(=O)(N1CCCC1)N1CCC[C@@](CO)(CC2CC2)C1.